The van der Waals surface area contributed by atoms with Crippen molar-refractivity contribution in [3.05, 3.63) is 27.7 Å². The molecule has 0 atom stereocenters. The van der Waals surface area contributed by atoms with Gasteiger partial charge in [0.25, 0.3) is 0 Å². The lowest BCUT2D eigenvalue weighted by atomic mass is 9.99. The third kappa shape index (κ3) is 2.10. The summed E-state index contributed by atoms with van der Waals surface area (Å²) in [6.45, 7) is 0.841. The molecular formula is C10H8BrClN2O. The summed E-state index contributed by atoms with van der Waals surface area (Å²) in [5.41, 5.74) is 0.281. The van der Waals surface area contributed by atoms with Crippen LogP contribution in [0.4, 0.5) is 5.69 Å². The smallest absolute Gasteiger partial charge is 0.172 e. The highest BCUT2D eigenvalue weighted by Gasteiger charge is 2.38. The van der Waals surface area contributed by atoms with Crippen LogP contribution in [0, 0.1) is 11.3 Å². The molecule has 15 heavy (non-hydrogen) atoms. The molecule has 0 spiro atoms. The number of hydrogen-bond donors (Lipinski definition) is 1. The van der Waals surface area contributed by atoms with Gasteiger partial charge in [0.1, 0.15) is 0 Å². The van der Waals surface area contributed by atoms with E-state index in [1.807, 2.05) is 12.1 Å². The van der Waals surface area contributed by atoms with Crippen LogP contribution in [0.3, 0.4) is 0 Å². The van der Waals surface area contributed by atoms with E-state index in [2.05, 4.69) is 27.3 Å². The Morgan fingerprint density at radius 1 is 1.53 bits per heavy atom. The van der Waals surface area contributed by atoms with E-state index in [0.717, 1.165) is 10.2 Å². The summed E-state index contributed by atoms with van der Waals surface area (Å²) in [5.74, 6) is 0. The molecule has 1 saturated heterocycles. The summed E-state index contributed by atoms with van der Waals surface area (Å²) >= 11 is 9.20. The Hall–Kier alpha value is -0.760. The molecule has 0 aromatic heterocycles. The molecule has 1 aromatic carbocycles. The normalized spacial score (nSPS) is 17.7. The predicted octanol–water partition coefficient (Wildman–Crippen LogP) is 2.81. The van der Waals surface area contributed by atoms with Gasteiger partial charge in [0.05, 0.1) is 24.3 Å². The molecule has 0 unspecified atom stereocenters. The number of hydrogen-bond acceptors (Lipinski definition) is 3. The van der Waals surface area contributed by atoms with Crippen LogP contribution in [-0.4, -0.2) is 18.8 Å². The Morgan fingerprint density at radius 2 is 2.27 bits per heavy atom. The summed E-state index contributed by atoms with van der Waals surface area (Å²) < 4.78 is 5.84. The van der Waals surface area contributed by atoms with Crippen molar-refractivity contribution in [2.24, 2.45) is 0 Å². The van der Waals surface area contributed by atoms with E-state index < -0.39 is 5.54 Å². The van der Waals surface area contributed by atoms with E-state index in [-0.39, 0.29) is 0 Å². The molecule has 1 fully saturated rings. The summed E-state index contributed by atoms with van der Waals surface area (Å²) in [6.07, 6.45) is 0. The van der Waals surface area contributed by atoms with Crippen LogP contribution in [0.1, 0.15) is 0 Å². The lowest BCUT2D eigenvalue weighted by Gasteiger charge is -2.36. The Morgan fingerprint density at radius 3 is 2.73 bits per heavy atom. The van der Waals surface area contributed by atoms with E-state index >= 15 is 0 Å². The molecule has 78 valence electrons. The van der Waals surface area contributed by atoms with Gasteiger partial charge in [0.15, 0.2) is 5.54 Å². The van der Waals surface area contributed by atoms with E-state index in [1.54, 1.807) is 6.07 Å². The fourth-order valence-corrected chi connectivity index (χ4v) is 1.82. The van der Waals surface area contributed by atoms with Crippen LogP contribution in [-0.2, 0) is 4.74 Å². The summed E-state index contributed by atoms with van der Waals surface area (Å²) in [5, 5.41) is 12.8. The first kappa shape index (κ1) is 10.7. The molecule has 0 radical (unpaired) electrons. The van der Waals surface area contributed by atoms with Crippen molar-refractivity contribution < 1.29 is 4.74 Å². The van der Waals surface area contributed by atoms with Crippen LogP contribution in [0.15, 0.2) is 22.7 Å². The second-order valence-electron chi connectivity index (χ2n) is 3.44. The van der Waals surface area contributed by atoms with Gasteiger partial charge in [-0.2, -0.15) is 5.26 Å². The summed E-state index contributed by atoms with van der Waals surface area (Å²) in [6, 6.07) is 7.67. The molecule has 2 rings (SSSR count). The second kappa shape index (κ2) is 4.01. The van der Waals surface area contributed by atoms with Crippen molar-refractivity contribution in [3.63, 3.8) is 0 Å². The highest BCUT2D eigenvalue weighted by molar-refractivity contribution is 9.10. The minimum atomic E-state index is -0.576. The minimum Gasteiger partial charge on any atom is -0.374 e. The Bertz CT molecular complexity index is 426. The molecule has 5 heteroatoms. The number of nitrogens with one attached hydrogen (secondary N) is 1. The molecule has 0 bridgehead atoms. The van der Waals surface area contributed by atoms with E-state index in [9.17, 15) is 0 Å². The lowest BCUT2D eigenvalue weighted by Crippen LogP contribution is -2.54. The van der Waals surface area contributed by atoms with E-state index in [0.29, 0.717) is 18.2 Å². The van der Waals surface area contributed by atoms with Crippen molar-refractivity contribution in [3.8, 4) is 6.07 Å². The summed E-state index contributed by atoms with van der Waals surface area (Å²) in [7, 11) is 0. The van der Waals surface area contributed by atoms with Crippen molar-refractivity contribution >= 4 is 33.2 Å². The summed E-state index contributed by atoms with van der Waals surface area (Å²) in [4.78, 5) is 0. The topological polar surface area (TPSA) is 45.0 Å². The van der Waals surface area contributed by atoms with Crippen molar-refractivity contribution in [2.75, 3.05) is 18.5 Å². The predicted molar refractivity (Wildman–Crippen MR) is 61.9 cm³/mol. The van der Waals surface area contributed by atoms with Gasteiger partial charge >= 0.3 is 0 Å². The fraction of sp³-hybridized carbons (Fsp3) is 0.300. The van der Waals surface area contributed by atoms with Crippen LogP contribution in [0.25, 0.3) is 0 Å². The first-order valence-corrected chi connectivity index (χ1v) is 5.55. The van der Waals surface area contributed by atoms with Gasteiger partial charge in [-0.1, -0.05) is 11.6 Å². The quantitative estimate of drug-likeness (QED) is 0.910. The van der Waals surface area contributed by atoms with Crippen molar-refractivity contribution in [2.45, 2.75) is 5.54 Å². The van der Waals surface area contributed by atoms with Crippen LogP contribution in [0.2, 0.25) is 5.02 Å². The van der Waals surface area contributed by atoms with Gasteiger partial charge in [-0.3, -0.25) is 0 Å². The monoisotopic (exact) mass is 286 g/mol. The number of anilines is 1. The largest absolute Gasteiger partial charge is 0.374 e. The first-order valence-electron chi connectivity index (χ1n) is 4.37. The van der Waals surface area contributed by atoms with Gasteiger partial charge in [0.2, 0.25) is 0 Å². The molecule has 1 aromatic rings. The van der Waals surface area contributed by atoms with Crippen LogP contribution in [0.5, 0.6) is 0 Å². The SMILES string of the molecule is N#CC1(Nc2ccc(Cl)c(Br)c2)COC1. The zero-order valence-electron chi connectivity index (χ0n) is 7.76. The number of nitriles is 1. The fourth-order valence-electron chi connectivity index (χ4n) is 1.32. The maximum absolute atomic E-state index is 8.99. The second-order valence-corrected chi connectivity index (χ2v) is 4.70. The van der Waals surface area contributed by atoms with Gasteiger partial charge in [-0.05, 0) is 34.1 Å². The Balaban J connectivity index is 2.18. The average Bonchev–Trinajstić information content (AvgIpc) is 2.17. The Kier molecular flexibility index (Phi) is 2.87. The van der Waals surface area contributed by atoms with Crippen LogP contribution >= 0.6 is 27.5 Å². The van der Waals surface area contributed by atoms with Gasteiger partial charge in [0, 0.05) is 10.2 Å². The van der Waals surface area contributed by atoms with Gasteiger partial charge < -0.3 is 10.1 Å². The number of benzene rings is 1. The van der Waals surface area contributed by atoms with E-state index in [1.165, 1.54) is 0 Å². The van der Waals surface area contributed by atoms with Crippen molar-refractivity contribution in [1.82, 2.24) is 0 Å². The number of nitrogens with zero attached hydrogens (tertiary/aromatic N) is 1. The van der Waals surface area contributed by atoms with Gasteiger partial charge in [-0.25, -0.2) is 0 Å². The lowest BCUT2D eigenvalue weighted by molar-refractivity contribution is -0.0132. The molecule has 3 nitrogen and oxygen atoms in total. The van der Waals surface area contributed by atoms with Crippen molar-refractivity contribution in [1.29, 1.82) is 5.26 Å². The third-order valence-electron chi connectivity index (χ3n) is 2.21. The molecule has 1 aliphatic rings. The number of halogens is 2. The molecule has 0 amide bonds. The average molecular weight is 288 g/mol. The molecule has 0 saturated carbocycles. The molecular weight excluding hydrogens is 279 g/mol. The maximum Gasteiger partial charge on any atom is 0.172 e. The molecule has 0 aliphatic carbocycles. The number of rotatable bonds is 2. The first-order chi connectivity index (χ1) is 7.15. The highest BCUT2D eigenvalue weighted by Crippen LogP contribution is 2.28. The molecule has 1 aliphatic heterocycles. The van der Waals surface area contributed by atoms with E-state index in [4.69, 9.17) is 21.6 Å². The standard InChI is InChI=1S/C10H8BrClN2O/c11-8-3-7(1-2-9(8)12)14-10(4-13)5-15-6-10/h1-3,14H,5-6H2. The molecule has 1 N–H and O–H groups in total. The Labute approximate surface area is 101 Å². The number of ether oxygens (including phenoxy) is 1. The zero-order chi connectivity index (χ0) is 10.9. The molecule has 1 heterocycles. The zero-order valence-corrected chi connectivity index (χ0v) is 10.1. The minimum absolute atomic E-state index is 0.420. The van der Waals surface area contributed by atoms with Crippen LogP contribution < -0.4 is 5.32 Å². The van der Waals surface area contributed by atoms with Gasteiger partial charge in [-0.15, -0.1) is 0 Å². The third-order valence-corrected chi connectivity index (χ3v) is 3.43. The maximum atomic E-state index is 8.99. The highest BCUT2D eigenvalue weighted by atomic mass is 79.9.